The van der Waals surface area contributed by atoms with Gasteiger partial charge in [0.25, 0.3) is 0 Å². The van der Waals surface area contributed by atoms with Crippen LogP contribution in [-0.2, 0) is 17.9 Å². The minimum absolute atomic E-state index is 0.164. The third kappa shape index (κ3) is 4.02. The summed E-state index contributed by atoms with van der Waals surface area (Å²) in [4.78, 5) is 20.3. The van der Waals surface area contributed by atoms with Crippen molar-refractivity contribution >= 4 is 11.5 Å². The van der Waals surface area contributed by atoms with Gasteiger partial charge < -0.3 is 14.2 Å². The summed E-state index contributed by atoms with van der Waals surface area (Å²) in [5.41, 5.74) is 0.823. The van der Waals surface area contributed by atoms with E-state index in [9.17, 15) is 9.18 Å². The van der Waals surface area contributed by atoms with E-state index in [1.807, 2.05) is 4.90 Å². The van der Waals surface area contributed by atoms with Gasteiger partial charge in [0.1, 0.15) is 12.4 Å². The van der Waals surface area contributed by atoms with Gasteiger partial charge in [-0.2, -0.15) is 4.98 Å². The summed E-state index contributed by atoms with van der Waals surface area (Å²) >= 11 is 0. The first kappa shape index (κ1) is 17.5. The fourth-order valence-corrected chi connectivity index (χ4v) is 3.01. The van der Waals surface area contributed by atoms with Crippen molar-refractivity contribution in [3.8, 4) is 0 Å². The van der Waals surface area contributed by atoms with Crippen LogP contribution in [-0.4, -0.2) is 54.1 Å². The van der Waals surface area contributed by atoms with E-state index in [1.165, 1.54) is 13.0 Å². The third-order valence-corrected chi connectivity index (χ3v) is 4.20. The van der Waals surface area contributed by atoms with Crippen LogP contribution in [0.25, 0.3) is 0 Å². The molecule has 0 aliphatic carbocycles. The number of piperazine rings is 1. The third-order valence-electron chi connectivity index (χ3n) is 4.20. The van der Waals surface area contributed by atoms with Gasteiger partial charge in [0.2, 0.25) is 5.89 Å². The monoisotopic (exact) mass is 348 g/mol. The zero-order chi connectivity index (χ0) is 17.8. The van der Waals surface area contributed by atoms with E-state index in [1.54, 1.807) is 19.2 Å². The molecule has 0 radical (unpaired) electrons. The summed E-state index contributed by atoms with van der Waals surface area (Å²) in [6.07, 6.45) is 0. The molecule has 0 N–H and O–H groups in total. The van der Waals surface area contributed by atoms with Gasteiger partial charge in [-0.25, -0.2) is 4.39 Å². The lowest BCUT2D eigenvalue weighted by Gasteiger charge is -2.36. The second-order valence-corrected chi connectivity index (χ2v) is 5.99. The molecule has 0 atom stereocenters. The number of rotatable bonds is 6. The number of aromatic nitrogens is 2. The number of carbonyl (C=O) groups excluding carboxylic acids is 1. The first-order valence-electron chi connectivity index (χ1n) is 8.15. The molecule has 8 heteroatoms. The quantitative estimate of drug-likeness (QED) is 0.738. The van der Waals surface area contributed by atoms with Crippen molar-refractivity contribution in [2.75, 3.05) is 38.2 Å². The molecule has 134 valence electrons. The molecule has 2 heterocycles. The molecule has 1 saturated heterocycles. The number of hydrogen-bond donors (Lipinski definition) is 0. The van der Waals surface area contributed by atoms with E-state index in [0.717, 1.165) is 13.1 Å². The van der Waals surface area contributed by atoms with Gasteiger partial charge in [-0.1, -0.05) is 11.2 Å². The summed E-state index contributed by atoms with van der Waals surface area (Å²) in [6, 6.07) is 4.76. The number of ether oxygens (including phenoxy) is 1. The standard InChI is InChI=1S/C17H21FN4O3/c1-12(23)17-13(18)4-3-5-14(17)22-8-6-21(7-9-22)10-16-19-15(11-24-2)20-25-16/h3-5H,6-11H2,1-2H3. The van der Waals surface area contributed by atoms with Crippen LogP contribution in [0, 0.1) is 5.82 Å². The Labute approximate surface area is 145 Å². The van der Waals surface area contributed by atoms with Crippen LogP contribution in [0.2, 0.25) is 0 Å². The summed E-state index contributed by atoms with van der Waals surface area (Å²) in [7, 11) is 1.58. The first-order chi connectivity index (χ1) is 12.1. The van der Waals surface area contributed by atoms with Crippen LogP contribution in [0.4, 0.5) is 10.1 Å². The normalized spacial score (nSPS) is 15.6. The molecule has 0 amide bonds. The Bertz CT molecular complexity index is 741. The van der Waals surface area contributed by atoms with Crippen LogP contribution in [0.15, 0.2) is 22.7 Å². The number of ketones is 1. The molecule has 0 saturated carbocycles. The minimum atomic E-state index is -0.469. The number of nitrogens with zero attached hydrogens (tertiary/aromatic N) is 4. The molecule has 1 aliphatic heterocycles. The van der Waals surface area contributed by atoms with Crippen molar-refractivity contribution in [1.82, 2.24) is 15.0 Å². The largest absolute Gasteiger partial charge is 0.377 e. The summed E-state index contributed by atoms with van der Waals surface area (Å²) in [5.74, 6) is 0.355. The lowest BCUT2D eigenvalue weighted by atomic mass is 10.1. The molecule has 1 aliphatic rings. The molecule has 25 heavy (non-hydrogen) atoms. The second kappa shape index (κ2) is 7.71. The highest BCUT2D eigenvalue weighted by Gasteiger charge is 2.23. The number of Topliss-reactive ketones (excluding diaryl/α,β-unsaturated/α-hetero) is 1. The zero-order valence-electron chi connectivity index (χ0n) is 14.4. The number of benzene rings is 1. The van der Waals surface area contributed by atoms with Crippen molar-refractivity contribution in [1.29, 1.82) is 0 Å². The van der Waals surface area contributed by atoms with Gasteiger partial charge in [-0.15, -0.1) is 0 Å². The number of anilines is 1. The van der Waals surface area contributed by atoms with Gasteiger partial charge >= 0.3 is 0 Å². The molecule has 1 fully saturated rings. The predicted molar refractivity (Wildman–Crippen MR) is 88.9 cm³/mol. The van der Waals surface area contributed by atoms with Gasteiger partial charge in [-0.05, 0) is 19.1 Å². The van der Waals surface area contributed by atoms with Crippen molar-refractivity contribution in [3.63, 3.8) is 0 Å². The minimum Gasteiger partial charge on any atom is -0.377 e. The Morgan fingerprint density at radius 1 is 1.32 bits per heavy atom. The highest BCUT2D eigenvalue weighted by Crippen LogP contribution is 2.25. The number of halogens is 1. The molecule has 1 aromatic heterocycles. The maximum Gasteiger partial charge on any atom is 0.240 e. The number of carbonyl (C=O) groups is 1. The highest BCUT2D eigenvalue weighted by atomic mass is 19.1. The van der Waals surface area contributed by atoms with Gasteiger partial charge in [-0.3, -0.25) is 9.69 Å². The molecular weight excluding hydrogens is 327 g/mol. The van der Waals surface area contributed by atoms with Gasteiger partial charge in [0, 0.05) is 33.3 Å². The molecule has 2 aromatic rings. The average molecular weight is 348 g/mol. The van der Waals surface area contributed by atoms with E-state index >= 15 is 0 Å². The van der Waals surface area contributed by atoms with Crippen LogP contribution in [0.5, 0.6) is 0 Å². The smallest absolute Gasteiger partial charge is 0.240 e. The zero-order valence-corrected chi connectivity index (χ0v) is 14.4. The molecule has 3 rings (SSSR count). The first-order valence-corrected chi connectivity index (χ1v) is 8.15. The Morgan fingerprint density at radius 2 is 2.08 bits per heavy atom. The maximum absolute atomic E-state index is 14.0. The van der Waals surface area contributed by atoms with Crippen LogP contribution < -0.4 is 4.90 Å². The van der Waals surface area contributed by atoms with Crippen LogP contribution in [0.1, 0.15) is 29.0 Å². The van der Waals surface area contributed by atoms with E-state index < -0.39 is 5.82 Å². The number of hydrogen-bond acceptors (Lipinski definition) is 7. The molecule has 0 spiro atoms. The maximum atomic E-state index is 14.0. The van der Waals surface area contributed by atoms with E-state index in [4.69, 9.17) is 9.26 Å². The topological polar surface area (TPSA) is 71.7 Å². The fourth-order valence-electron chi connectivity index (χ4n) is 3.01. The Kier molecular flexibility index (Phi) is 5.40. The van der Waals surface area contributed by atoms with E-state index in [0.29, 0.717) is 43.6 Å². The summed E-state index contributed by atoms with van der Waals surface area (Å²) < 4.78 is 24.2. The Hall–Kier alpha value is -2.32. The SMILES string of the molecule is COCc1noc(CN2CCN(c3cccc(F)c3C(C)=O)CC2)n1. The lowest BCUT2D eigenvalue weighted by molar-refractivity contribution is 0.101. The van der Waals surface area contributed by atoms with Gasteiger partial charge in [0.15, 0.2) is 11.6 Å². The molecule has 0 unspecified atom stereocenters. The number of methoxy groups -OCH3 is 1. The summed E-state index contributed by atoms with van der Waals surface area (Å²) in [5, 5.41) is 3.85. The predicted octanol–water partition coefficient (Wildman–Crippen LogP) is 1.88. The molecule has 7 nitrogen and oxygen atoms in total. The molecule has 0 bridgehead atoms. The second-order valence-electron chi connectivity index (χ2n) is 5.99. The van der Waals surface area contributed by atoms with Crippen molar-refractivity contribution in [3.05, 3.63) is 41.3 Å². The van der Waals surface area contributed by atoms with Crippen molar-refractivity contribution < 1.29 is 18.4 Å². The van der Waals surface area contributed by atoms with Crippen molar-refractivity contribution in [2.24, 2.45) is 0 Å². The molecule has 1 aromatic carbocycles. The van der Waals surface area contributed by atoms with E-state index in [-0.39, 0.29) is 11.3 Å². The Balaban J connectivity index is 1.62. The Morgan fingerprint density at radius 3 is 2.76 bits per heavy atom. The van der Waals surface area contributed by atoms with Crippen LogP contribution >= 0.6 is 0 Å². The van der Waals surface area contributed by atoms with Crippen molar-refractivity contribution in [2.45, 2.75) is 20.1 Å². The average Bonchev–Trinajstić information content (AvgIpc) is 3.02. The van der Waals surface area contributed by atoms with Gasteiger partial charge in [0.05, 0.1) is 17.8 Å². The highest BCUT2D eigenvalue weighted by molar-refractivity contribution is 6.00. The van der Waals surface area contributed by atoms with E-state index in [2.05, 4.69) is 15.0 Å². The lowest BCUT2D eigenvalue weighted by Crippen LogP contribution is -2.46. The van der Waals surface area contributed by atoms with Crippen LogP contribution in [0.3, 0.4) is 0 Å². The summed E-state index contributed by atoms with van der Waals surface area (Å²) in [6.45, 7) is 5.20. The molecular formula is C17H21FN4O3. The fraction of sp³-hybridized carbons (Fsp3) is 0.471.